The molecule has 0 radical (unpaired) electrons. The van der Waals surface area contributed by atoms with Gasteiger partial charge in [0.1, 0.15) is 11.6 Å². The second kappa shape index (κ2) is 6.47. The van der Waals surface area contributed by atoms with Crippen molar-refractivity contribution in [2.45, 2.75) is 46.5 Å². The monoisotopic (exact) mass is 269 g/mol. The molecule has 0 saturated heterocycles. The van der Waals surface area contributed by atoms with E-state index >= 15 is 0 Å². The molecule has 108 valence electrons. The molecule has 1 aromatic carbocycles. The molecule has 0 fully saturated rings. The van der Waals surface area contributed by atoms with Crippen molar-refractivity contribution < 1.29 is 8.78 Å². The highest BCUT2D eigenvalue weighted by Crippen LogP contribution is 2.30. The first kappa shape index (κ1) is 16.1. The first-order chi connectivity index (χ1) is 8.74. The van der Waals surface area contributed by atoms with E-state index in [1.807, 2.05) is 13.8 Å². The largest absolute Gasteiger partial charge is 0.316 e. The minimum Gasteiger partial charge on any atom is -0.316 e. The number of halogens is 2. The zero-order valence-corrected chi connectivity index (χ0v) is 12.6. The van der Waals surface area contributed by atoms with Gasteiger partial charge in [-0.15, -0.1) is 0 Å². The van der Waals surface area contributed by atoms with Crippen molar-refractivity contribution in [3.05, 3.63) is 34.9 Å². The molecular formula is C16H25F2N. The van der Waals surface area contributed by atoms with Crippen LogP contribution in [-0.2, 0) is 5.41 Å². The Labute approximate surface area is 115 Å². The molecular weight excluding hydrogens is 244 g/mol. The van der Waals surface area contributed by atoms with E-state index in [0.717, 1.165) is 25.6 Å². The maximum atomic E-state index is 13.9. The topological polar surface area (TPSA) is 12.0 Å². The maximum absolute atomic E-state index is 13.9. The van der Waals surface area contributed by atoms with Crippen LogP contribution in [0.5, 0.6) is 0 Å². The van der Waals surface area contributed by atoms with Crippen LogP contribution in [0, 0.1) is 24.5 Å². The van der Waals surface area contributed by atoms with Crippen molar-refractivity contribution in [3.63, 3.8) is 0 Å². The lowest BCUT2D eigenvalue weighted by atomic mass is 9.80. The van der Waals surface area contributed by atoms with Crippen molar-refractivity contribution in [1.82, 2.24) is 5.32 Å². The molecule has 0 aliphatic rings. The third kappa shape index (κ3) is 4.57. The fourth-order valence-electron chi connectivity index (χ4n) is 2.10. The summed E-state index contributed by atoms with van der Waals surface area (Å²) >= 11 is 0. The van der Waals surface area contributed by atoms with E-state index < -0.39 is 11.6 Å². The summed E-state index contributed by atoms with van der Waals surface area (Å²) in [6, 6.07) is 2.63. The van der Waals surface area contributed by atoms with Gasteiger partial charge in [-0.2, -0.15) is 0 Å². The molecule has 1 nitrogen and oxygen atoms in total. The van der Waals surface area contributed by atoms with E-state index in [9.17, 15) is 8.78 Å². The summed E-state index contributed by atoms with van der Waals surface area (Å²) < 4.78 is 27.2. The van der Waals surface area contributed by atoms with E-state index in [1.165, 1.54) is 0 Å². The van der Waals surface area contributed by atoms with E-state index in [0.29, 0.717) is 17.0 Å². The van der Waals surface area contributed by atoms with Crippen molar-refractivity contribution in [2.24, 2.45) is 5.92 Å². The number of hydrogen-bond donors (Lipinski definition) is 1. The Morgan fingerprint density at radius 3 is 2.37 bits per heavy atom. The van der Waals surface area contributed by atoms with Gasteiger partial charge in [-0.1, -0.05) is 27.7 Å². The van der Waals surface area contributed by atoms with Crippen molar-refractivity contribution >= 4 is 0 Å². The highest BCUT2D eigenvalue weighted by molar-refractivity contribution is 5.31. The summed E-state index contributed by atoms with van der Waals surface area (Å²) in [6.45, 7) is 11.8. The van der Waals surface area contributed by atoms with Gasteiger partial charge in [0.15, 0.2) is 0 Å². The predicted octanol–water partition coefficient (Wildman–Crippen LogP) is 4.19. The average molecular weight is 269 g/mol. The SMILES string of the molecule is Cc1cc(C(C)(C)CCNCC(C)C)c(F)cc1F. The smallest absolute Gasteiger partial charge is 0.129 e. The van der Waals surface area contributed by atoms with Crippen LogP contribution in [0.3, 0.4) is 0 Å². The molecule has 1 rings (SSSR count). The first-order valence-electron chi connectivity index (χ1n) is 6.91. The molecule has 0 heterocycles. The number of nitrogens with one attached hydrogen (secondary N) is 1. The number of rotatable bonds is 6. The van der Waals surface area contributed by atoms with Gasteiger partial charge in [0.25, 0.3) is 0 Å². The van der Waals surface area contributed by atoms with Crippen LogP contribution in [0.25, 0.3) is 0 Å². The van der Waals surface area contributed by atoms with Crippen LogP contribution in [0.1, 0.15) is 45.2 Å². The summed E-state index contributed by atoms with van der Waals surface area (Å²) in [5, 5.41) is 3.36. The molecule has 0 atom stereocenters. The molecule has 3 heteroatoms. The van der Waals surface area contributed by atoms with Gasteiger partial charge < -0.3 is 5.32 Å². The van der Waals surface area contributed by atoms with Crippen LogP contribution in [0.4, 0.5) is 8.78 Å². The quantitative estimate of drug-likeness (QED) is 0.764. The number of benzene rings is 1. The molecule has 1 N–H and O–H groups in total. The lowest BCUT2D eigenvalue weighted by Crippen LogP contribution is -2.28. The highest BCUT2D eigenvalue weighted by Gasteiger charge is 2.24. The predicted molar refractivity (Wildman–Crippen MR) is 76.4 cm³/mol. The molecule has 0 aliphatic heterocycles. The summed E-state index contributed by atoms with van der Waals surface area (Å²) in [5.41, 5.74) is 0.796. The summed E-state index contributed by atoms with van der Waals surface area (Å²) in [7, 11) is 0. The molecule has 0 saturated carbocycles. The van der Waals surface area contributed by atoms with Crippen LogP contribution >= 0.6 is 0 Å². The molecule has 0 unspecified atom stereocenters. The number of aryl methyl sites for hydroxylation is 1. The van der Waals surface area contributed by atoms with Gasteiger partial charge in [0.2, 0.25) is 0 Å². The van der Waals surface area contributed by atoms with Gasteiger partial charge in [-0.3, -0.25) is 0 Å². The first-order valence-corrected chi connectivity index (χ1v) is 6.91. The Hall–Kier alpha value is -0.960. The van der Waals surface area contributed by atoms with Crippen LogP contribution in [0.15, 0.2) is 12.1 Å². The van der Waals surface area contributed by atoms with Gasteiger partial charge in [0, 0.05) is 6.07 Å². The van der Waals surface area contributed by atoms with Crippen molar-refractivity contribution in [2.75, 3.05) is 13.1 Å². The van der Waals surface area contributed by atoms with Gasteiger partial charge in [-0.05, 0) is 55.0 Å². The third-order valence-corrected chi connectivity index (χ3v) is 3.46. The molecule has 0 aliphatic carbocycles. The molecule has 0 aromatic heterocycles. The van der Waals surface area contributed by atoms with Gasteiger partial charge in [0.05, 0.1) is 0 Å². The second-order valence-corrected chi connectivity index (χ2v) is 6.31. The Kier molecular flexibility index (Phi) is 5.48. The average Bonchev–Trinajstić information content (AvgIpc) is 2.29. The second-order valence-electron chi connectivity index (χ2n) is 6.31. The van der Waals surface area contributed by atoms with Crippen molar-refractivity contribution in [1.29, 1.82) is 0 Å². The molecule has 0 bridgehead atoms. The Morgan fingerprint density at radius 1 is 1.16 bits per heavy atom. The maximum Gasteiger partial charge on any atom is 0.129 e. The lowest BCUT2D eigenvalue weighted by molar-refractivity contribution is 0.421. The van der Waals surface area contributed by atoms with Crippen LogP contribution in [0.2, 0.25) is 0 Å². The fraction of sp³-hybridized carbons (Fsp3) is 0.625. The molecule has 1 aromatic rings. The fourth-order valence-corrected chi connectivity index (χ4v) is 2.10. The summed E-state index contributed by atoms with van der Waals surface area (Å²) in [4.78, 5) is 0. The zero-order valence-electron chi connectivity index (χ0n) is 12.6. The minimum atomic E-state index is -0.477. The number of hydrogen-bond acceptors (Lipinski definition) is 1. The van der Waals surface area contributed by atoms with E-state index in [1.54, 1.807) is 13.0 Å². The van der Waals surface area contributed by atoms with E-state index in [-0.39, 0.29) is 5.41 Å². The van der Waals surface area contributed by atoms with E-state index in [2.05, 4.69) is 19.2 Å². The molecule has 0 spiro atoms. The summed E-state index contributed by atoms with van der Waals surface area (Å²) in [5.74, 6) is -0.320. The van der Waals surface area contributed by atoms with E-state index in [4.69, 9.17) is 0 Å². The van der Waals surface area contributed by atoms with Crippen LogP contribution in [-0.4, -0.2) is 13.1 Å². The Bertz CT molecular complexity index is 425. The van der Waals surface area contributed by atoms with Gasteiger partial charge in [-0.25, -0.2) is 8.78 Å². The van der Waals surface area contributed by atoms with Gasteiger partial charge >= 0.3 is 0 Å². The minimum absolute atomic E-state index is 0.299. The zero-order chi connectivity index (χ0) is 14.6. The lowest BCUT2D eigenvalue weighted by Gasteiger charge is -2.26. The summed E-state index contributed by atoms with van der Waals surface area (Å²) in [6.07, 6.45) is 0.821. The normalized spacial score (nSPS) is 12.2. The highest BCUT2D eigenvalue weighted by atomic mass is 19.1. The molecule has 19 heavy (non-hydrogen) atoms. The van der Waals surface area contributed by atoms with Crippen molar-refractivity contribution in [3.8, 4) is 0 Å². The van der Waals surface area contributed by atoms with Crippen LogP contribution < -0.4 is 5.32 Å². The standard InChI is InChI=1S/C16H25F2N/c1-11(2)10-19-7-6-16(4,5)13-8-12(3)14(17)9-15(13)18/h8-9,11,19H,6-7,10H2,1-5H3. The Morgan fingerprint density at radius 2 is 1.79 bits per heavy atom. The molecule has 0 amide bonds. The Balaban J connectivity index is 2.74. The third-order valence-electron chi connectivity index (χ3n) is 3.46.